The van der Waals surface area contributed by atoms with E-state index in [1.165, 1.54) is 0 Å². The van der Waals surface area contributed by atoms with Crippen LogP contribution in [0, 0.1) is 11.8 Å². The van der Waals surface area contributed by atoms with Crippen LogP contribution in [0.15, 0.2) is 24.4 Å². The maximum Gasteiger partial charge on any atom is 0.227 e. The molecule has 2 fully saturated rings. The normalized spacial score (nSPS) is 20.5. The molecule has 3 rings (SSSR count). The third-order valence-corrected chi connectivity index (χ3v) is 5.17. The number of rotatable bonds is 5. The van der Waals surface area contributed by atoms with Gasteiger partial charge in [-0.1, -0.05) is 6.07 Å². The molecule has 1 atom stereocenters. The summed E-state index contributed by atoms with van der Waals surface area (Å²) in [4.78, 5) is 21.5. The zero-order valence-corrected chi connectivity index (χ0v) is 16.5. The number of carbonyl (C=O) groups is 1. The van der Waals surface area contributed by atoms with Crippen molar-refractivity contribution < 1.29 is 4.79 Å². The molecule has 1 aromatic rings. The highest BCUT2D eigenvalue weighted by atomic mass is 35.5. The fraction of sp³-hybridized carbons (Fsp3) is 0.667. The number of nitrogens with zero attached hydrogens (tertiary/aromatic N) is 3. The number of carbonyl (C=O) groups excluding carboxylic acids is 1. The summed E-state index contributed by atoms with van der Waals surface area (Å²) in [5, 5.41) is 3.30. The van der Waals surface area contributed by atoms with Crippen molar-refractivity contribution >= 4 is 36.5 Å². The molecule has 0 radical (unpaired) electrons. The third kappa shape index (κ3) is 5.73. The van der Waals surface area contributed by atoms with Crippen LogP contribution in [0.5, 0.6) is 0 Å². The van der Waals surface area contributed by atoms with E-state index in [0.717, 1.165) is 64.3 Å². The highest BCUT2D eigenvalue weighted by Gasteiger charge is 2.29. The number of aromatic nitrogens is 1. The molecular formula is C18H30Cl2N4O. The van der Waals surface area contributed by atoms with Crippen molar-refractivity contribution in [3.63, 3.8) is 0 Å². The van der Waals surface area contributed by atoms with Crippen LogP contribution < -0.4 is 10.2 Å². The zero-order valence-electron chi connectivity index (χ0n) is 14.9. The Labute approximate surface area is 163 Å². The first-order chi connectivity index (χ1) is 11.3. The molecule has 0 spiro atoms. The number of hydrogen-bond acceptors (Lipinski definition) is 4. The molecule has 5 nitrogen and oxygen atoms in total. The molecule has 1 unspecified atom stereocenters. The summed E-state index contributed by atoms with van der Waals surface area (Å²) in [7, 11) is 0. The SMILES string of the molecule is CCN(CC1CCN(c2ccccn2)CC1)C(=O)C1CCNC1.Cl.Cl. The van der Waals surface area contributed by atoms with Gasteiger partial charge in [-0.25, -0.2) is 4.98 Å². The van der Waals surface area contributed by atoms with Gasteiger partial charge in [0.25, 0.3) is 0 Å². The largest absolute Gasteiger partial charge is 0.357 e. The lowest BCUT2D eigenvalue weighted by Gasteiger charge is -2.35. The summed E-state index contributed by atoms with van der Waals surface area (Å²) in [6.07, 6.45) is 5.13. The fourth-order valence-electron chi connectivity index (χ4n) is 3.70. The molecule has 2 aliphatic rings. The van der Waals surface area contributed by atoms with Gasteiger partial charge in [0.1, 0.15) is 5.82 Å². The van der Waals surface area contributed by atoms with Crippen molar-refractivity contribution in [1.82, 2.24) is 15.2 Å². The van der Waals surface area contributed by atoms with Crippen molar-refractivity contribution in [1.29, 1.82) is 0 Å². The number of pyridine rings is 1. The van der Waals surface area contributed by atoms with E-state index in [-0.39, 0.29) is 30.7 Å². The van der Waals surface area contributed by atoms with Gasteiger partial charge in [0.2, 0.25) is 5.91 Å². The first kappa shape index (κ1) is 22.0. The summed E-state index contributed by atoms with van der Waals surface area (Å²) >= 11 is 0. The van der Waals surface area contributed by atoms with E-state index in [9.17, 15) is 4.79 Å². The quantitative estimate of drug-likeness (QED) is 0.841. The van der Waals surface area contributed by atoms with Crippen molar-refractivity contribution in [3.8, 4) is 0 Å². The topological polar surface area (TPSA) is 48.5 Å². The van der Waals surface area contributed by atoms with Crippen molar-refractivity contribution in [2.24, 2.45) is 11.8 Å². The Bertz CT molecular complexity index is 503. The van der Waals surface area contributed by atoms with E-state index in [1.807, 2.05) is 18.3 Å². The van der Waals surface area contributed by atoms with Crippen LogP contribution in [0.4, 0.5) is 5.82 Å². The van der Waals surface area contributed by atoms with Crippen LogP contribution >= 0.6 is 24.8 Å². The minimum absolute atomic E-state index is 0. The fourth-order valence-corrected chi connectivity index (χ4v) is 3.70. The first-order valence-corrected chi connectivity index (χ1v) is 8.93. The lowest BCUT2D eigenvalue weighted by Crippen LogP contribution is -2.43. The smallest absolute Gasteiger partial charge is 0.227 e. The van der Waals surface area contributed by atoms with Gasteiger partial charge >= 0.3 is 0 Å². The number of amides is 1. The van der Waals surface area contributed by atoms with E-state index in [1.54, 1.807) is 0 Å². The van der Waals surface area contributed by atoms with E-state index < -0.39 is 0 Å². The van der Waals surface area contributed by atoms with Crippen LogP contribution in [-0.4, -0.2) is 55.1 Å². The van der Waals surface area contributed by atoms with Crippen LogP contribution in [0.3, 0.4) is 0 Å². The molecule has 3 heterocycles. The molecule has 1 amide bonds. The van der Waals surface area contributed by atoms with Gasteiger partial charge in [-0.05, 0) is 50.8 Å². The number of anilines is 1. The van der Waals surface area contributed by atoms with Gasteiger partial charge in [0.15, 0.2) is 0 Å². The summed E-state index contributed by atoms with van der Waals surface area (Å²) in [5.74, 6) is 2.24. The molecule has 25 heavy (non-hydrogen) atoms. The second-order valence-corrected chi connectivity index (χ2v) is 6.68. The van der Waals surface area contributed by atoms with E-state index >= 15 is 0 Å². The molecular weight excluding hydrogens is 359 g/mol. The molecule has 0 aromatic carbocycles. The van der Waals surface area contributed by atoms with Gasteiger partial charge in [0.05, 0.1) is 5.92 Å². The summed E-state index contributed by atoms with van der Waals surface area (Å²) in [5.41, 5.74) is 0. The molecule has 1 N–H and O–H groups in total. The van der Waals surface area contributed by atoms with Gasteiger partial charge in [0, 0.05) is 38.9 Å². The zero-order chi connectivity index (χ0) is 16.1. The lowest BCUT2D eigenvalue weighted by atomic mass is 9.95. The maximum atomic E-state index is 12.6. The highest BCUT2D eigenvalue weighted by Crippen LogP contribution is 2.23. The molecule has 2 aliphatic heterocycles. The second-order valence-electron chi connectivity index (χ2n) is 6.68. The molecule has 2 saturated heterocycles. The second kappa shape index (κ2) is 10.8. The Hall–Kier alpha value is -1.04. The monoisotopic (exact) mass is 388 g/mol. The molecule has 0 bridgehead atoms. The predicted molar refractivity (Wildman–Crippen MR) is 107 cm³/mol. The molecule has 0 saturated carbocycles. The number of halogens is 2. The van der Waals surface area contributed by atoms with Gasteiger partial charge in [-0.15, -0.1) is 24.8 Å². The summed E-state index contributed by atoms with van der Waals surface area (Å²) in [6.45, 7) is 7.77. The average Bonchev–Trinajstić information content (AvgIpc) is 3.15. The van der Waals surface area contributed by atoms with Crippen LogP contribution in [0.25, 0.3) is 0 Å². The Morgan fingerprint density at radius 3 is 2.60 bits per heavy atom. The number of hydrogen-bond donors (Lipinski definition) is 1. The maximum absolute atomic E-state index is 12.6. The van der Waals surface area contributed by atoms with Crippen LogP contribution in [0.1, 0.15) is 26.2 Å². The van der Waals surface area contributed by atoms with Crippen molar-refractivity contribution in [2.45, 2.75) is 26.2 Å². The minimum Gasteiger partial charge on any atom is -0.357 e. The highest BCUT2D eigenvalue weighted by molar-refractivity contribution is 5.85. The summed E-state index contributed by atoms with van der Waals surface area (Å²) < 4.78 is 0. The third-order valence-electron chi connectivity index (χ3n) is 5.17. The van der Waals surface area contributed by atoms with Gasteiger partial charge < -0.3 is 15.1 Å². The van der Waals surface area contributed by atoms with Gasteiger partial charge in [-0.3, -0.25) is 4.79 Å². The Balaban J connectivity index is 0.00000156. The molecule has 0 aliphatic carbocycles. The van der Waals surface area contributed by atoms with Gasteiger partial charge in [-0.2, -0.15) is 0 Å². The molecule has 142 valence electrons. The predicted octanol–water partition coefficient (Wildman–Crippen LogP) is 2.60. The molecule has 7 heteroatoms. The van der Waals surface area contributed by atoms with E-state index in [2.05, 4.69) is 33.1 Å². The van der Waals surface area contributed by atoms with E-state index in [0.29, 0.717) is 11.8 Å². The average molecular weight is 389 g/mol. The first-order valence-electron chi connectivity index (χ1n) is 8.93. The Morgan fingerprint density at radius 1 is 1.28 bits per heavy atom. The van der Waals surface area contributed by atoms with Crippen molar-refractivity contribution in [3.05, 3.63) is 24.4 Å². The minimum atomic E-state index is 0. The molecule has 1 aromatic heterocycles. The standard InChI is InChI=1S/C18H28N4O.2ClH/c1-2-21(18(23)16-6-10-19-13-16)14-15-7-11-22(12-8-15)17-5-3-4-9-20-17;;/h3-5,9,15-16,19H,2,6-8,10-14H2,1H3;2*1H. The van der Waals surface area contributed by atoms with E-state index in [4.69, 9.17) is 0 Å². The Morgan fingerprint density at radius 2 is 2.04 bits per heavy atom. The number of piperidine rings is 1. The van der Waals surface area contributed by atoms with Crippen LogP contribution in [0.2, 0.25) is 0 Å². The number of nitrogens with one attached hydrogen (secondary N) is 1. The lowest BCUT2D eigenvalue weighted by molar-refractivity contribution is -0.135. The summed E-state index contributed by atoms with van der Waals surface area (Å²) in [6, 6.07) is 6.08. The van der Waals surface area contributed by atoms with Crippen molar-refractivity contribution in [2.75, 3.05) is 44.2 Å². The Kier molecular flexibility index (Phi) is 9.54. The van der Waals surface area contributed by atoms with Crippen LogP contribution in [-0.2, 0) is 4.79 Å².